The lowest BCUT2D eigenvalue weighted by Crippen LogP contribution is -2.28. The predicted octanol–water partition coefficient (Wildman–Crippen LogP) is 2.02. The van der Waals surface area contributed by atoms with Crippen LogP contribution in [0, 0.1) is 0 Å². The first-order valence-corrected chi connectivity index (χ1v) is 6.02. The van der Waals surface area contributed by atoms with Gasteiger partial charge in [0.15, 0.2) is 0 Å². The van der Waals surface area contributed by atoms with Crippen LogP contribution >= 0.6 is 0 Å². The molecule has 0 aliphatic rings. The van der Waals surface area contributed by atoms with E-state index in [1.165, 1.54) is 25.0 Å². The molecule has 0 fully saturated rings. The quantitative estimate of drug-likeness (QED) is 0.386. The molecule has 0 saturated carbocycles. The topological polar surface area (TPSA) is 72.2 Å². The number of imide groups is 1. The van der Waals surface area contributed by atoms with Gasteiger partial charge < -0.3 is 5.73 Å². The van der Waals surface area contributed by atoms with Crippen molar-refractivity contribution in [2.45, 2.75) is 45.4 Å². The molecule has 4 nitrogen and oxygen atoms in total. The molecule has 2 amide bonds. The summed E-state index contributed by atoms with van der Waals surface area (Å²) in [6, 6.07) is 0. The van der Waals surface area contributed by atoms with E-state index in [9.17, 15) is 9.59 Å². The van der Waals surface area contributed by atoms with Gasteiger partial charge in [0.1, 0.15) is 0 Å². The number of hydrogen-bond acceptors (Lipinski definition) is 3. The molecule has 0 atom stereocenters. The highest BCUT2D eigenvalue weighted by atomic mass is 16.2. The van der Waals surface area contributed by atoms with Crippen molar-refractivity contribution in [3.8, 4) is 0 Å². The average Bonchev–Trinajstić information content (AvgIpc) is 2.26. The second-order valence-electron chi connectivity index (χ2n) is 3.98. The zero-order valence-electron chi connectivity index (χ0n) is 10.5. The maximum atomic E-state index is 11.3. The molecule has 0 aliphatic heterocycles. The van der Waals surface area contributed by atoms with Gasteiger partial charge in [0, 0.05) is 18.2 Å². The van der Waals surface area contributed by atoms with Crippen LogP contribution in [0.3, 0.4) is 0 Å². The van der Waals surface area contributed by atoms with Crippen LogP contribution in [0.2, 0.25) is 0 Å². The summed E-state index contributed by atoms with van der Waals surface area (Å²) in [6.07, 6.45) is 8.34. The maximum Gasteiger partial charge on any atom is 0.250 e. The Morgan fingerprint density at radius 1 is 1.18 bits per heavy atom. The second kappa shape index (κ2) is 9.63. The third-order valence-corrected chi connectivity index (χ3v) is 2.22. The number of allylic oxidation sites excluding steroid dienone is 1. The van der Waals surface area contributed by atoms with Gasteiger partial charge in [0.25, 0.3) is 5.91 Å². The molecule has 0 unspecified atom stereocenters. The van der Waals surface area contributed by atoms with Gasteiger partial charge >= 0.3 is 0 Å². The molecule has 0 rings (SSSR count). The molecule has 0 aromatic rings. The summed E-state index contributed by atoms with van der Waals surface area (Å²) in [5.74, 6) is -0.686. The minimum Gasteiger partial charge on any atom is -0.399 e. The van der Waals surface area contributed by atoms with Gasteiger partial charge in [0.2, 0.25) is 5.91 Å². The molecule has 0 radical (unpaired) electrons. The molecule has 0 bridgehead atoms. The van der Waals surface area contributed by atoms with Gasteiger partial charge in [0.05, 0.1) is 0 Å². The normalized spacial score (nSPS) is 10.4. The number of unbranched alkanes of at least 4 members (excludes halogenated alkanes) is 4. The lowest BCUT2D eigenvalue weighted by Gasteiger charge is -2.01. The molecule has 0 heterocycles. The van der Waals surface area contributed by atoms with Gasteiger partial charge in [-0.05, 0) is 12.5 Å². The van der Waals surface area contributed by atoms with E-state index in [1.807, 2.05) is 0 Å². The Morgan fingerprint density at radius 3 is 2.41 bits per heavy atom. The summed E-state index contributed by atoms with van der Waals surface area (Å²) < 4.78 is 0. The van der Waals surface area contributed by atoms with E-state index in [0.29, 0.717) is 6.42 Å². The van der Waals surface area contributed by atoms with E-state index >= 15 is 0 Å². The van der Waals surface area contributed by atoms with Crippen LogP contribution in [-0.4, -0.2) is 11.8 Å². The first kappa shape index (κ1) is 15.4. The number of carbonyl (C=O) groups is 2. The largest absolute Gasteiger partial charge is 0.399 e. The molecule has 96 valence electrons. The van der Waals surface area contributed by atoms with E-state index < -0.39 is 5.91 Å². The van der Waals surface area contributed by atoms with Crippen LogP contribution in [-0.2, 0) is 9.59 Å². The summed E-state index contributed by atoms with van der Waals surface area (Å²) in [5, 5.41) is 2.26. The molecular weight excluding hydrogens is 216 g/mol. The van der Waals surface area contributed by atoms with Crippen molar-refractivity contribution in [2.75, 3.05) is 0 Å². The second-order valence-corrected chi connectivity index (χ2v) is 3.98. The fourth-order valence-electron chi connectivity index (χ4n) is 1.31. The Labute approximate surface area is 103 Å². The molecule has 0 aromatic carbocycles. The fraction of sp³-hybridized carbons (Fsp3) is 0.538. The van der Waals surface area contributed by atoms with E-state index in [2.05, 4.69) is 18.8 Å². The molecule has 0 aromatic heterocycles. The highest BCUT2D eigenvalue weighted by molar-refractivity contribution is 6.00. The Bertz CT molecular complexity index is 296. The van der Waals surface area contributed by atoms with Crippen molar-refractivity contribution in [1.82, 2.24) is 5.32 Å². The van der Waals surface area contributed by atoms with Crippen LogP contribution in [0.4, 0.5) is 0 Å². The van der Waals surface area contributed by atoms with Crippen LogP contribution in [0.1, 0.15) is 45.4 Å². The fourth-order valence-corrected chi connectivity index (χ4v) is 1.31. The zero-order chi connectivity index (χ0) is 13.1. The molecule has 0 saturated heterocycles. The maximum absolute atomic E-state index is 11.3. The predicted molar refractivity (Wildman–Crippen MR) is 69.0 cm³/mol. The number of amides is 2. The van der Waals surface area contributed by atoms with Crippen LogP contribution in [0.15, 0.2) is 24.4 Å². The van der Waals surface area contributed by atoms with Gasteiger partial charge in [-0.2, -0.15) is 0 Å². The van der Waals surface area contributed by atoms with Crippen molar-refractivity contribution >= 4 is 11.8 Å². The summed E-state index contributed by atoms with van der Waals surface area (Å²) in [7, 11) is 0. The zero-order valence-corrected chi connectivity index (χ0v) is 10.5. The monoisotopic (exact) mass is 238 g/mol. The Balaban J connectivity index is 3.64. The first-order chi connectivity index (χ1) is 8.06. The SMILES string of the molecule is C=C(N)C=CC(=O)NC(=O)CCCCCCC. The highest BCUT2D eigenvalue weighted by Crippen LogP contribution is 2.04. The molecule has 0 aliphatic carbocycles. The third-order valence-electron chi connectivity index (χ3n) is 2.22. The Kier molecular flexibility index (Phi) is 8.74. The summed E-state index contributed by atoms with van der Waals surface area (Å²) in [5.41, 5.74) is 5.54. The summed E-state index contributed by atoms with van der Waals surface area (Å²) >= 11 is 0. The molecule has 0 spiro atoms. The van der Waals surface area contributed by atoms with Crippen molar-refractivity contribution in [2.24, 2.45) is 5.73 Å². The smallest absolute Gasteiger partial charge is 0.250 e. The van der Waals surface area contributed by atoms with Gasteiger partial charge in [-0.15, -0.1) is 0 Å². The molecule has 3 N–H and O–H groups in total. The number of carbonyl (C=O) groups excluding carboxylic acids is 2. The summed E-state index contributed by atoms with van der Waals surface area (Å²) in [4.78, 5) is 22.5. The van der Waals surface area contributed by atoms with Crippen LogP contribution < -0.4 is 11.1 Å². The number of nitrogens with two attached hydrogens (primary N) is 1. The molecular formula is C13H22N2O2. The van der Waals surface area contributed by atoms with E-state index in [-0.39, 0.29) is 11.6 Å². The lowest BCUT2D eigenvalue weighted by molar-refractivity contribution is -0.128. The van der Waals surface area contributed by atoms with E-state index in [4.69, 9.17) is 5.73 Å². The molecule has 4 heteroatoms. The minimum absolute atomic E-state index is 0.237. The van der Waals surface area contributed by atoms with E-state index in [0.717, 1.165) is 19.3 Å². The Hall–Kier alpha value is -1.58. The van der Waals surface area contributed by atoms with Crippen molar-refractivity contribution in [1.29, 1.82) is 0 Å². The van der Waals surface area contributed by atoms with Crippen molar-refractivity contribution < 1.29 is 9.59 Å². The van der Waals surface area contributed by atoms with Gasteiger partial charge in [-0.25, -0.2) is 0 Å². The Morgan fingerprint density at radius 2 is 1.82 bits per heavy atom. The molecule has 17 heavy (non-hydrogen) atoms. The summed E-state index contributed by atoms with van der Waals surface area (Å²) in [6.45, 7) is 5.55. The van der Waals surface area contributed by atoms with Crippen molar-refractivity contribution in [3.05, 3.63) is 24.4 Å². The van der Waals surface area contributed by atoms with Crippen LogP contribution in [0.25, 0.3) is 0 Å². The minimum atomic E-state index is -0.449. The third kappa shape index (κ3) is 10.7. The average molecular weight is 238 g/mol. The van der Waals surface area contributed by atoms with E-state index in [1.54, 1.807) is 0 Å². The van der Waals surface area contributed by atoms with Crippen LogP contribution in [0.5, 0.6) is 0 Å². The number of nitrogens with one attached hydrogen (secondary N) is 1. The van der Waals surface area contributed by atoms with Crippen molar-refractivity contribution in [3.63, 3.8) is 0 Å². The number of hydrogen-bond donors (Lipinski definition) is 2. The standard InChI is InChI=1S/C13H22N2O2/c1-3-4-5-6-7-8-12(16)15-13(17)10-9-11(2)14/h9-10H,2-8,14H2,1H3,(H,15,16,17). The lowest BCUT2D eigenvalue weighted by atomic mass is 10.1. The van der Waals surface area contributed by atoms with Gasteiger partial charge in [-0.1, -0.05) is 39.2 Å². The first-order valence-electron chi connectivity index (χ1n) is 6.02. The highest BCUT2D eigenvalue weighted by Gasteiger charge is 2.04. The number of rotatable bonds is 8. The van der Waals surface area contributed by atoms with Gasteiger partial charge in [-0.3, -0.25) is 14.9 Å².